The predicted molar refractivity (Wildman–Crippen MR) is 102 cm³/mol. The maximum Gasteiger partial charge on any atom is 0.230 e. The lowest BCUT2D eigenvalue weighted by atomic mass is 10.3. The van der Waals surface area contributed by atoms with Crippen LogP contribution in [0.4, 0.5) is 5.95 Å². The van der Waals surface area contributed by atoms with Gasteiger partial charge in [0.1, 0.15) is 12.2 Å². The topological polar surface area (TPSA) is 50.7 Å². The molecule has 0 fully saturated rings. The summed E-state index contributed by atoms with van der Waals surface area (Å²) >= 11 is 0. The maximum atomic E-state index is 4.12. The van der Waals surface area contributed by atoms with Crippen molar-refractivity contribution in [2.45, 2.75) is 48.0 Å². The molecule has 0 saturated heterocycles. The van der Waals surface area contributed by atoms with Gasteiger partial charge in [-0.1, -0.05) is 47.3 Å². The van der Waals surface area contributed by atoms with Gasteiger partial charge < -0.3 is 5.32 Å². The zero-order valence-electron chi connectivity index (χ0n) is 15.3. The first-order valence-electron chi connectivity index (χ1n) is 7.51. The maximum absolute atomic E-state index is 4.12. The van der Waals surface area contributed by atoms with E-state index in [-0.39, 0.29) is 0 Å². The molecule has 0 spiro atoms. The van der Waals surface area contributed by atoms with Crippen molar-refractivity contribution in [3.63, 3.8) is 0 Å². The zero-order valence-corrected chi connectivity index (χ0v) is 15.3. The smallest absolute Gasteiger partial charge is 0.230 e. The molecule has 4 heteroatoms. The van der Waals surface area contributed by atoms with E-state index in [2.05, 4.69) is 60.1 Å². The van der Waals surface area contributed by atoms with Crippen molar-refractivity contribution in [3.05, 3.63) is 62.9 Å². The van der Waals surface area contributed by atoms with Crippen LogP contribution in [-0.2, 0) is 0 Å². The van der Waals surface area contributed by atoms with E-state index in [1.165, 1.54) is 6.33 Å². The predicted octanol–water partition coefficient (Wildman–Crippen LogP) is 5.73. The number of hydrogen-bond donors (Lipinski definition) is 1. The largest absolute Gasteiger partial charge is 0.324 e. The van der Waals surface area contributed by atoms with Crippen molar-refractivity contribution < 1.29 is 0 Å². The number of rotatable bonds is 4. The minimum absolute atomic E-state index is 0.553. The Balaban J connectivity index is -0.000000175. The third kappa shape index (κ3) is 17.8. The Kier molecular flexibility index (Phi) is 34.6. The van der Waals surface area contributed by atoms with Crippen LogP contribution in [0.5, 0.6) is 0 Å². The first kappa shape index (κ1) is 28.0. The molecule has 126 valence electrons. The molecule has 0 aliphatic rings. The van der Waals surface area contributed by atoms with Crippen molar-refractivity contribution in [1.29, 1.82) is 0 Å². The molecule has 22 heavy (non-hydrogen) atoms. The average Bonchev–Trinajstić information content (AvgIpc) is 2.61. The normalized spacial score (nSPS) is 8.00. The van der Waals surface area contributed by atoms with Gasteiger partial charge in [-0.05, 0) is 19.4 Å². The summed E-state index contributed by atoms with van der Waals surface area (Å²) in [6.45, 7) is 27.6. The second-order valence-electron chi connectivity index (χ2n) is 2.75. The first-order valence-corrected chi connectivity index (χ1v) is 7.51. The van der Waals surface area contributed by atoms with Crippen molar-refractivity contribution in [3.8, 4) is 0 Å². The van der Waals surface area contributed by atoms with Gasteiger partial charge in [0.15, 0.2) is 0 Å². The van der Waals surface area contributed by atoms with Crippen molar-refractivity contribution in [1.82, 2.24) is 15.0 Å². The molecule has 0 saturated carbocycles. The van der Waals surface area contributed by atoms with E-state index in [0.717, 1.165) is 12.1 Å². The molecule has 1 aromatic rings. The summed E-state index contributed by atoms with van der Waals surface area (Å²) in [4.78, 5) is 12.0. The molecule has 1 heterocycles. The molecule has 0 atom stereocenters. The minimum atomic E-state index is 0.553. The highest BCUT2D eigenvalue weighted by molar-refractivity contribution is 5.38. The Labute approximate surface area is 137 Å². The standard InChI is InChI=1S/C10H14N4.2C2H6.2C2H4/c1-4-6-9(5-2)14-10-12-7-11-8(3)13-10;4*1-2/h5-7H,2,4H2,1,3H3,(H,11,12,13,14);2*1-2H3;2*1-2H2/b9-6+;;;;. The fourth-order valence-corrected chi connectivity index (χ4v) is 0.973. The molecule has 0 radical (unpaired) electrons. The van der Waals surface area contributed by atoms with E-state index in [9.17, 15) is 0 Å². The summed E-state index contributed by atoms with van der Waals surface area (Å²) in [5.41, 5.74) is 0.915. The average molecular weight is 306 g/mol. The molecule has 1 N–H and O–H groups in total. The van der Waals surface area contributed by atoms with Gasteiger partial charge in [-0.25, -0.2) is 9.97 Å². The number of anilines is 1. The van der Waals surface area contributed by atoms with Crippen molar-refractivity contribution in [2.24, 2.45) is 0 Å². The van der Waals surface area contributed by atoms with Crippen molar-refractivity contribution in [2.75, 3.05) is 5.32 Å². The lowest BCUT2D eigenvalue weighted by molar-refractivity contribution is 0.976. The van der Waals surface area contributed by atoms with E-state index in [0.29, 0.717) is 11.8 Å². The molecule has 4 nitrogen and oxygen atoms in total. The second kappa shape index (κ2) is 27.2. The van der Waals surface area contributed by atoms with Crippen LogP contribution in [0.15, 0.2) is 57.1 Å². The Morgan fingerprint density at radius 1 is 1.09 bits per heavy atom. The van der Waals surface area contributed by atoms with E-state index < -0.39 is 0 Å². The molecule has 0 aliphatic heterocycles. The van der Waals surface area contributed by atoms with Crippen LogP contribution in [0.2, 0.25) is 0 Å². The van der Waals surface area contributed by atoms with Crippen LogP contribution in [0.25, 0.3) is 0 Å². The number of aromatic nitrogens is 3. The van der Waals surface area contributed by atoms with Crippen LogP contribution in [0.1, 0.15) is 46.9 Å². The first-order chi connectivity index (χ1) is 10.8. The molecule has 0 unspecified atom stereocenters. The molecule has 0 amide bonds. The van der Waals surface area contributed by atoms with E-state index >= 15 is 0 Å². The van der Waals surface area contributed by atoms with E-state index in [1.807, 2.05) is 40.7 Å². The SMILES string of the molecule is C=C.C=C.C=C/C(=C\CC)Nc1ncnc(C)n1.CC.CC. The Morgan fingerprint density at radius 3 is 1.95 bits per heavy atom. The quantitative estimate of drug-likeness (QED) is 0.570. The van der Waals surface area contributed by atoms with Crippen LogP contribution >= 0.6 is 0 Å². The number of aryl methyl sites for hydroxylation is 1. The number of allylic oxidation sites excluding steroid dienone is 2. The zero-order chi connectivity index (χ0) is 18.4. The van der Waals surface area contributed by atoms with Crippen LogP contribution in [0, 0.1) is 6.92 Å². The summed E-state index contributed by atoms with van der Waals surface area (Å²) in [6.07, 6.45) is 6.19. The van der Waals surface area contributed by atoms with Gasteiger partial charge in [-0.3, -0.25) is 0 Å². The van der Waals surface area contributed by atoms with Gasteiger partial charge in [-0.2, -0.15) is 4.98 Å². The van der Waals surface area contributed by atoms with E-state index in [1.54, 1.807) is 6.08 Å². The lowest BCUT2D eigenvalue weighted by Crippen LogP contribution is -2.03. The Hall–Kier alpha value is -2.23. The number of nitrogens with one attached hydrogen (secondary N) is 1. The fraction of sp³-hybridized carbons (Fsp3) is 0.389. The molecule has 1 rings (SSSR count). The summed E-state index contributed by atoms with van der Waals surface area (Å²) < 4.78 is 0. The third-order valence-corrected chi connectivity index (χ3v) is 1.59. The molecule has 0 bridgehead atoms. The van der Waals surface area contributed by atoms with Gasteiger partial charge in [-0.15, -0.1) is 26.3 Å². The highest BCUT2D eigenvalue weighted by Gasteiger charge is 1.97. The third-order valence-electron chi connectivity index (χ3n) is 1.59. The van der Waals surface area contributed by atoms with Gasteiger partial charge in [0, 0.05) is 5.70 Å². The highest BCUT2D eigenvalue weighted by atomic mass is 15.1. The lowest BCUT2D eigenvalue weighted by Gasteiger charge is -2.04. The van der Waals surface area contributed by atoms with Crippen molar-refractivity contribution >= 4 is 5.95 Å². The second-order valence-corrected chi connectivity index (χ2v) is 2.75. The molecular formula is C18H34N4. The molecule has 0 aliphatic carbocycles. The van der Waals surface area contributed by atoms with Crippen LogP contribution < -0.4 is 5.32 Å². The van der Waals surface area contributed by atoms with E-state index in [4.69, 9.17) is 0 Å². The summed E-state index contributed by atoms with van der Waals surface area (Å²) in [5.74, 6) is 1.25. The van der Waals surface area contributed by atoms with Gasteiger partial charge in [0.2, 0.25) is 5.95 Å². The van der Waals surface area contributed by atoms with Crippen LogP contribution in [0.3, 0.4) is 0 Å². The van der Waals surface area contributed by atoms with Gasteiger partial charge >= 0.3 is 0 Å². The van der Waals surface area contributed by atoms with Gasteiger partial charge in [0.25, 0.3) is 0 Å². The Bertz CT molecular complexity index is 371. The monoisotopic (exact) mass is 306 g/mol. The summed E-state index contributed by atoms with van der Waals surface area (Å²) in [6, 6.07) is 0. The van der Waals surface area contributed by atoms with Gasteiger partial charge in [0.05, 0.1) is 0 Å². The molecular weight excluding hydrogens is 272 g/mol. The molecule has 1 aromatic heterocycles. The summed E-state index contributed by atoms with van der Waals surface area (Å²) in [5, 5.41) is 3.05. The van der Waals surface area contributed by atoms with Crippen LogP contribution in [-0.4, -0.2) is 15.0 Å². The number of hydrogen-bond acceptors (Lipinski definition) is 4. The minimum Gasteiger partial charge on any atom is -0.324 e. The fourth-order valence-electron chi connectivity index (χ4n) is 0.973. The molecule has 0 aromatic carbocycles. The Morgan fingerprint density at radius 2 is 1.59 bits per heavy atom. The summed E-state index contributed by atoms with van der Waals surface area (Å²) in [7, 11) is 0. The highest BCUT2D eigenvalue weighted by Crippen LogP contribution is 2.03. The number of nitrogens with zero attached hydrogens (tertiary/aromatic N) is 3.